The van der Waals surface area contributed by atoms with Gasteiger partial charge in [0.2, 0.25) is 5.91 Å². The molecule has 2 aromatic heterocycles. The summed E-state index contributed by atoms with van der Waals surface area (Å²) in [5.74, 6) is 0.338. The number of rotatable bonds is 5. The number of benzene rings is 1. The molecule has 1 aromatic carbocycles. The predicted octanol–water partition coefficient (Wildman–Crippen LogP) is 3.29. The Bertz CT molecular complexity index is 1070. The van der Waals surface area contributed by atoms with Gasteiger partial charge in [-0.3, -0.25) is 4.79 Å². The highest BCUT2D eigenvalue weighted by molar-refractivity contribution is 8.01. The highest BCUT2D eigenvalue weighted by Crippen LogP contribution is 2.30. The number of thioether (sulfide) groups is 1. The molecule has 1 saturated heterocycles. The molecule has 1 amide bonds. The first-order valence-electron chi connectivity index (χ1n) is 8.76. The van der Waals surface area contributed by atoms with Crippen LogP contribution < -0.4 is 0 Å². The minimum Gasteiger partial charge on any atom is -0.339 e. The fourth-order valence-electron chi connectivity index (χ4n) is 2.98. The van der Waals surface area contributed by atoms with Crippen molar-refractivity contribution in [3.05, 3.63) is 41.3 Å². The third-order valence-electron chi connectivity index (χ3n) is 4.49. The van der Waals surface area contributed by atoms with Gasteiger partial charge in [0.25, 0.3) is 10.0 Å². The number of piperazine rings is 1. The number of aromatic nitrogens is 1. The number of fused-ring (bicyclic) bond motifs is 1. The molecule has 0 N–H and O–H groups in total. The van der Waals surface area contributed by atoms with E-state index in [-0.39, 0.29) is 5.91 Å². The van der Waals surface area contributed by atoms with E-state index in [2.05, 4.69) is 4.98 Å². The van der Waals surface area contributed by atoms with Crippen molar-refractivity contribution in [1.82, 2.24) is 14.2 Å². The van der Waals surface area contributed by atoms with Crippen LogP contribution in [0.25, 0.3) is 10.2 Å². The molecule has 1 aliphatic rings. The van der Waals surface area contributed by atoms with Gasteiger partial charge in [-0.15, -0.1) is 22.7 Å². The van der Waals surface area contributed by atoms with E-state index in [1.54, 1.807) is 22.3 Å². The van der Waals surface area contributed by atoms with Gasteiger partial charge in [-0.2, -0.15) is 4.31 Å². The number of aryl methyl sites for hydroxylation is 1. The summed E-state index contributed by atoms with van der Waals surface area (Å²) in [5.41, 5.74) is 0.949. The van der Waals surface area contributed by atoms with E-state index in [4.69, 9.17) is 0 Å². The fraction of sp³-hybridized carbons (Fsp3) is 0.333. The monoisotopic (exact) mass is 453 g/mol. The van der Waals surface area contributed by atoms with Crippen molar-refractivity contribution in [3.8, 4) is 0 Å². The topological polar surface area (TPSA) is 70.6 Å². The second-order valence-electron chi connectivity index (χ2n) is 6.39. The molecule has 28 heavy (non-hydrogen) atoms. The predicted molar refractivity (Wildman–Crippen MR) is 115 cm³/mol. The molecule has 0 bridgehead atoms. The molecule has 1 fully saturated rings. The zero-order chi connectivity index (χ0) is 19.7. The van der Waals surface area contributed by atoms with Crippen LogP contribution in [-0.2, 0) is 14.8 Å². The second-order valence-corrected chi connectivity index (χ2v) is 12.1. The standard InChI is InChI=1S/C18H19N3O3S4/c1-13-6-7-17(26-13)28(23,24)21-10-8-20(9-11-21)16(22)12-25-18-19-14-4-2-3-5-15(14)27-18/h2-7H,8-12H2,1H3. The van der Waals surface area contributed by atoms with Gasteiger partial charge in [-0.05, 0) is 31.2 Å². The Balaban J connectivity index is 1.32. The van der Waals surface area contributed by atoms with Gasteiger partial charge in [0.05, 0.1) is 16.0 Å². The Morgan fingerprint density at radius 3 is 2.54 bits per heavy atom. The molecule has 3 aromatic rings. The summed E-state index contributed by atoms with van der Waals surface area (Å²) in [7, 11) is -3.46. The molecule has 0 spiro atoms. The summed E-state index contributed by atoms with van der Waals surface area (Å²) in [6.07, 6.45) is 0. The molecule has 0 saturated carbocycles. The maximum Gasteiger partial charge on any atom is 0.252 e. The Morgan fingerprint density at radius 1 is 1.11 bits per heavy atom. The van der Waals surface area contributed by atoms with Crippen LogP contribution in [0.1, 0.15) is 4.88 Å². The highest BCUT2D eigenvalue weighted by Gasteiger charge is 2.31. The first-order chi connectivity index (χ1) is 13.4. The zero-order valence-corrected chi connectivity index (χ0v) is 18.5. The summed E-state index contributed by atoms with van der Waals surface area (Å²) in [4.78, 5) is 19.8. The van der Waals surface area contributed by atoms with Crippen molar-refractivity contribution in [1.29, 1.82) is 0 Å². The molecule has 0 atom stereocenters. The molecular formula is C18H19N3O3S4. The Hall–Kier alpha value is -1.46. The summed E-state index contributed by atoms with van der Waals surface area (Å²) in [6, 6.07) is 11.4. The minimum atomic E-state index is -3.46. The number of hydrogen-bond donors (Lipinski definition) is 0. The normalized spacial score (nSPS) is 16.0. The van der Waals surface area contributed by atoms with Gasteiger partial charge < -0.3 is 4.90 Å². The molecule has 10 heteroatoms. The lowest BCUT2D eigenvalue weighted by Gasteiger charge is -2.33. The lowest BCUT2D eigenvalue weighted by atomic mass is 10.3. The average Bonchev–Trinajstić information content (AvgIpc) is 3.32. The van der Waals surface area contributed by atoms with Crippen molar-refractivity contribution >= 4 is 60.6 Å². The van der Waals surface area contributed by atoms with Gasteiger partial charge in [-0.25, -0.2) is 13.4 Å². The summed E-state index contributed by atoms with van der Waals surface area (Å²) in [5, 5.41) is 0. The number of thiazole rings is 1. The van der Waals surface area contributed by atoms with Crippen LogP contribution in [-0.4, -0.2) is 60.4 Å². The average molecular weight is 454 g/mol. The quantitative estimate of drug-likeness (QED) is 0.555. The number of amides is 1. The first kappa shape index (κ1) is 19.8. The third kappa shape index (κ3) is 4.11. The molecule has 6 nitrogen and oxygen atoms in total. The zero-order valence-electron chi connectivity index (χ0n) is 15.2. The van der Waals surface area contributed by atoms with Crippen LogP contribution in [0.5, 0.6) is 0 Å². The number of para-hydroxylation sites is 1. The number of hydrogen-bond acceptors (Lipinski definition) is 7. The van der Waals surface area contributed by atoms with E-state index in [1.165, 1.54) is 27.4 Å². The van der Waals surface area contributed by atoms with Crippen molar-refractivity contribution < 1.29 is 13.2 Å². The fourth-order valence-corrected chi connectivity index (χ4v) is 7.81. The molecule has 0 aliphatic carbocycles. The SMILES string of the molecule is Cc1ccc(S(=O)(=O)N2CCN(C(=O)CSc3nc4ccccc4s3)CC2)s1. The Kier molecular flexibility index (Phi) is 5.75. The molecule has 0 radical (unpaired) electrons. The van der Waals surface area contributed by atoms with Crippen molar-refractivity contribution in [2.75, 3.05) is 31.9 Å². The van der Waals surface area contributed by atoms with E-state index in [9.17, 15) is 13.2 Å². The molecule has 4 rings (SSSR count). The van der Waals surface area contributed by atoms with E-state index in [0.717, 1.165) is 19.4 Å². The van der Waals surface area contributed by atoms with Gasteiger partial charge in [-0.1, -0.05) is 23.9 Å². The maximum atomic E-state index is 12.7. The number of nitrogens with zero attached hydrogens (tertiary/aromatic N) is 3. The lowest BCUT2D eigenvalue weighted by molar-refractivity contribution is -0.129. The summed E-state index contributed by atoms with van der Waals surface area (Å²) in [6.45, 7) is 3.39. The smallest absolute Gasteiger partial charge is 0.252 e. The Labute approximate surface area is 176 Å². The minimum absolute atomic E-state index is 0.0215. The number of sulfonamides is 1. The van der Waals surface area contributed by atoms with Crippen LogP contribution in [0.15, 0.2) is 44.9 Å². The number of carbonyl (C=O) groups excluding carboxylic acids is 1. The molecule has 3 heterocycles. The highest BCUT2D eigenvalue weighted by atomic mass is 32.2. The van der Waals surface area contributed by atoms with Gasteiger partial charge in [0.1, 0.15) is 4.21 Å². The maximum absolute atomic E-state index is 12.7. The van der Waals surface area contributed by atoms with E-state index < -0.39 is 10.0 Å². The Morgan fingerprint density at radius 2 is 1.86 bits per heavy atom. The lowest BCUT2D eigenvalue weighted by Crippen LogP contribution is -2.50. The summed E-state index contributed by atoms with van der Waals surface area (Å²) >= 11 is 4.31. The molecular weight excluding hydrogens is 434 g/mol. The largest absolute Gasteiger partial charge is 0.339 e. The van der Waals surface area contributed by atoms with Gasteiger partial charge in [0.15, 0.2) is 4.34 Å². The van der Waals surface area contributed by atoms with Crippen molar-refractivity contribution in [2.45, 2.75) is 15.5 Å². The van der Waals surface area contributed by atoms with E-state index >= 15 is 0 Å². The van der Waals surface area contributed by atoms with Crippen LogP contribution in [0, 0.1) is 6.92 Å². The van der Waals surface area contributed by atoms with Crippen LogP contribution >= 0.6 is 34.4 Å². The first-order valence-corrected chi connectivity index (χ1v) is 12.8. The number of thiophene rings is 1. The number of carbonyl (C=O) groups is 1. The third-order valence-corrected chi connectivity index (χ3v) is 10.0. The van der Waals surface area contributed by atoms with Crippen molar-refractivity contribution in [3.63, 3.8) is 0 Å². The molecule has 0 unspecified atom stereocenters. The van der Waals surface area contributed by atoms with Gasteiger partial charge in [0, 0.05) is 31.1 Å². The second kappa shape index (κ2) is 8.11. The van der Waals surface area contributed by atoms with Crippen LogP contribution in [0.3, 0.4) is 0 Å². The van der Waals surface area contributed by atoms with E-state index in [0.29, 0.717) is 36.1 Å². The van der Waals surface area contributed by atoms with Crippen LogP contribution in [0.4, 0.5) is 0 Å². The van der Waals surface area contributed by atoms with E-state index in [1.807, 2.05) is 37.3 Å². The van der Waals surface area contributed by atoms with Gasteiger partial charge >= 0.3 is 0 Å². The molecule has 1 aliphatic heterocycles. The summed E-state index contributed by atoms with van der Waals surface area (Å²) < 4.78 is 29.2. The molecule has 148 valence electrons. The van der Waals surface area contributed by atoms with Crippen molar-refractivity contribution in [2.24, 2.45) is 0 Å². The van der Waals surface area contributed by atoms with Crippen LogP contribution in [0.2, 0.25) is 0 Å².